The zero-order valence-electron chi connectivity index (χ0n) is 10.8. The zero-order chi connectivity index (χ0) is 12.3. The van der Waals surface area contributed by atoms with Crippen molar-refractivity contribution in [2.75, 3.05) is 0 Å². The molecular formula is C16H18B. The molecule has 85 valence electrons. The Hall–Kier alpha value is -1.50. The molecule has 0 aliphatic rings. The first-order chi connectivity index (χ1) is 8.05. The van der Waals surface area contributed by atoms with Crippen molar-refractivity contribution < 1.29 is 0 Å². The van der Waals surface area contributed by atoms with Crippen molar-refractivity contribution in [2.24, 2.45) is 0 Å². The largest absolute Gasteiger partial charge is 0.191 e. The molecule has 0 fully saturated rings. The van der Waals surface area contributed by atoms with Gasteiger partial charge in [-0.1, -0.05) is 86.3 Å². The first kappa shape index (κ1) is 12.0. The Morgan fingerprint density at radius 3 is 1.76 bits per heavy atom. The highest BCUT2D eigenvalue weighted by Crippen LogP contribution is 2.20. The summed E-state index contributed by atoms with van der Waals surface area (Å²) in [6.45, 7) is 6.72. The molecular weight excluding hydrogens is 203 g/mol. The minimum Gasteiger partial charge on any atom is -0.0814 e. The maximum Gasteiger partial charge on any atom is 0.191 e. The van der Waals surface area contributed by atoms with Crippen LogP contribution in [0.15, 0.2) is 54.6 Å². The summed E-state index contributed by atoms with van der Waals surface area (Å²) in [6.07, 6.45) is 0. The van der Waals surface area contributed by atoms with Crippen molar-refractivity contribution >= 4 is 18.2 Å². The van der Waals surface area contributed by atoms with Gasteiger partial charge in [-0.2, -0.15) is 0 Å². The minimum absolute atomic E-state index is 0.227. The molecule has 0 aliphatic carbocycles. The van der Waals surface area contributed by atoms with E-state index in [2.05, 4.69) is 76.6 Å². The number of hydrogen-bond acceptors (Lipinski definition) is 0. The second kappa shape index (κ2) is 4.79. The normalized spacial score (nSPS) is 11.2. The van der Waals surface area contributed by atoms with E-state index in [4.69, 9.17) is 0 Å². The molecule has 0 atom stereocenters. The molecule has 2 aromatic rings. The van der Waals surface area contributed by atoms with Crippen LogP contribution in [0.1, 0.15) is 26.3 Å². The predicted molar refractivity (Wildman–Crippen MR) is 76.6 cm³/mol. The summed E-state index contributed by atoms with van der Waals surface area (Å²) in [5.41, 5.74) is 4.11. The molecule has 1 radical (unpaired) electrons. The van der Waals surface area contributed by atoms with Crippen LogP contribution in [-0.4, -0.2) is 7.28 Å². The van der Waals surface area contributed by atoms with Crippen LogP contribution in [0.3, 0.4) is 0 Å². The topological polar surface area (TPSA) is 0 Å². The van der Waals surface area contributed by atoms with E-state index in [9.17, 15) is 0 Å². The highest BCUT2D eigenvalue weighted by molar-refractivity contribution is 6.67. The molecule has 0 saturated heterocycles. The van der Waals surface area contributed by atoms with E-state index in [0.717, 1.165) is 0 Å². The van der Waals surface area contributed by atoms with Gasteiger partial charge < -0.3 is 0 Å². The molecule has 0 spiro atoms. The standard InChI is InChI=1S/C16H18B/c1-16(2,3)13-9-11-15(12-10-13)17-14-7-5-4-6-8-14/h4-12H,1-3H3. The molecule has 0 saturated carbocycles. The fourth-order valence-electron chi connectivity index (χ4n) is 1.82. The molecule has 2 rings (SSSR count). The maximum absolute atomic E-state index is 2.24. The van der Waals surface area contributed by atoms with Gasteiger partial charge in [-0.3, -0.25) is 0 Å². The third-order valence-electron chi connectivity index (χ3n) is 2.91. The monoisotopic (exact) mass is 221 g/mol. The lowest BCUT2D eigenvalue weighted by Gasteiger charge is -2.19. The van der Waals surface area contributed by atoms with Crippen molar-refractivity contribution in [3.63, 3.8) is 0 Å². The van der Waals surface area contributed by atoms with Gasteiger partial charge in [0.1, 0.15) is 0 Å². The Morgan fingerprint density at radius 1 is 0.706 bits per heavy atom. The third-order valence-corrected chi connectivity index (χ3v) is 2.91. The van der Waals surface area contributed by atoms with Crippen molar-refractivity contribution in [1.82, 2.24) is 0 Å². The van der Waals surface area contributed by atoms with E-state index >= 15 is 0 Å². The highest BCUT2D eigenvalue weighted by Gasteiger charge is 2.12. The SMILES string of the molecule is CC(C)(C)c1ccc([B]c2ccccc2)cc1. The fourth-order valence-corrected chi connectivity index (χ4v) is 1.82. The fraction of sp³-hybridized carbons (Fsp3) is 0.250. The summed E-state index contributed by atoms with van der Waals surface area (Å²) >= 11 is 0. The predicted octanol–water partition coefficient (Wildman–Crippen LogP) is 2.64. The summed E-state index contributed by atoms with van der Waals surface area (Å²) in [5.74, 6) is 0. The quantitative estimate of drug-likeness (QED) is 0.684. The number of benzene rings is 2. The van der Waals surface area contributed by atoms with Crippen LogP contribution in [0.4, 0.5) is 0 Å². The Kier molecular flexibility index (Phi) is 3.37. The molecule has 0 aliphatic heterocycles. The van der Waals surface area contributed by atoms with Gasteiger partial charge in [0.25, 0.3) is 0 Å². The van der Waals surface area contributed by atoms with Crippen LogP contribution in [0.25, 0.3) is 0 Å². The molecule has 0 heterocycles. The molecule has 0 bridgehead atoms. The molecule has 1 heteroatoms. The summed E-state index contributed by atoms with van der Waals surface area (Å²) in [4.78, 5) is 0. The summed E-state index contributed by atoms with van der Waals surface area (Å²) in [5, 5.41) is 0. The Bertz CT molecular complexity index is 463. The van der Waals surface area contributed by atoms with E-state index < -0.39 is 0 Å². The van der Waals surface area contributed by atoms with Crippen molar-refractivity contribution in [2.45, 2.75) is 26.2 Å². The lowest BCUT2D eigenvalue weighted by molar-refractivity contribution is 0.590. The molecule has 17 heavy (non-hydrogen) atoms. The highest BCUT2D eigenvalue weighted by atomic mass is 14.2. The van der Waals surface area contributed by atoms with E-state index in [0.29, 0.717) is 0 Å². The molecule has 0 N–H and O–H groups in total. The second-order valence-corrected chi connectivity index (χ2v) is 5.43. The number of rotatable bonds is 2. The lowest BCUT2D eigenvalue weighted by Crippen LogP contribution is -2.27. The Morgan fingerprint density at radius 2 is 1.24 bits per heavy atom. The zero-order valence-corrected chi connectivity index (χ0v) is 10.8. The molecule has 2 aromatic carbocycles. The Labute approximate surface area is 105 Å². The van der Waals surface area contributed by atoms with Gasteiger partial charge in [-0.05, 0) is 11.0 Å². The summed E-state index contributed by atoms with van der Waals surface area (Å²) in [6, 6.07) is 19.2. The van der Waals surface area contributed by atoms with Gasteiger partial charge in [0, 0.05) is 0 Å². The summed E-state index contributed by atoms with van der Waals surface area (Å²) < 4.78 is 0. The van der Waals surface area contributed by atoms with Crippen LogP contribution in [0.2, 0.25) is 0 Å². The van der Waals surface area contributed by atoms with Crippen LogP contribution in [0, 0.1) is 0 Å². The Balaban J connectivity index is 2.14. The molecule has 0 unspecified atom stereocenters. The summed E-state index contributed by atoms with van der Waals surface area (Å²) in [7, 11) is 2.20. The minimum atomic E-state index is 0.227. The molecule has 0 nitrogen and oxygen atoms in total. The van der Waals surface area contributed by atoms with Crippen molar-refractivity contribution in [1.29, 1.82) is 0 Å². The van der Waals surface area contributed by atoms with Gasteiger partial charge in [-0.25, -0.2) is 0 Å². The molecule has 0 aromatic heterocycles. The first-order valence-electron chi connectivity index (χ1n) is 6.06. The maximum atomic E-state index is 2.24. The van der Waals surface area contributed by atoms with E-state index in [1.54, 1.807) is 0 Å². The molecule has 0 amide bonds. The smallest absolute Gasteiger partial charge is 0.0814 e. The third kappa shape index (κ3) is 3.23. The van der Waals surface area contributed by atoms with E-state index in [-0.39, 0.29) is 5.41 Å². The average Bonchev–Trinajstić information content (AvgIpc) is 2.30. The van der Waals surface area contributed by atoms with Gasteiger partial charge in [-0.15, -0.1) is 0 Å². The van der Waals surface area contributed by atoms with E-state index in [1.165, 1.54) is 16.5 Å². The average molecular weight is 221 g/mol. The van der Waals surface area contributed by atoms with Crippen molar-refractivity contribution in [3.8, 4) is 0 Å². The van der Waals surface area contributed by atoms with Gasteiger partial charge in [0.05, 0.1) is 0 Å². The first-order valence-corrected chi connectivity index (χ1v) is 6.06. The van der Waals surface area contributed by atoms with Crippen LogP contribution in [0.5, 0.6) is 0 Å². The van der Waals surface area contributed by atoms with E-state index in [1.807, 2.05) is 6.07 Å². The van der Waals surface area contributed by atoms with Crippen molar-refractivity contribution in [3.05, 3.63) is 60.2 Å². The number of hydrogen-bond donors (Lipinski definition) is 0. The van der Waals surface area contributed by atoms with Gasteiger partial charge >= 0.3 is 0 Å². The second-order valence-electron chi connectivity index (χ2n) is 5.43. The lowest BCUT2D eigenvalue weighted by atomic mass is 9.64. The van der Waals surface area contributed by atoms with Crippen LogP contribution in [-0.2, 0) is 5.41 Å². The van der Waals surface area contributed by atoms with Gasteiger partial charge in [0.15, 0.2) is 7.28 Å². The van der Waals surface area contributed by atoms with Crippen LogP contribution >= 0.6 is 0 Å². The van der Waals surface area contributed by atoms with Crippen LogP contribution < -0.4 is 10.9 Å². The van der Waals surface area contributed by atoms with Gasteiger partial charge in [0.2, 0.25) is 0 Å².